The zero-order chi connectivity index (χ0) is 16.9. The summed E-state index contributed by atoms with van der Waals surface area (Å²) in [6.45, 7) is 1.74. The van der Waals surface area contributed by atoms with Crippen LogP contribution >= 0.6 is 0 Å². The fourth-order valence-electron chi connectivity index (χ4n) is 2.33. The first-order chi connectivity index (χ1) is 11.6. The van der Waals surface area contributed by atoms with Crippen LogP contribution in [0.4, 0.5) is 0 Å². The molecule has 0 aliphatic heterocycles. The van der Waals surface area contributed by atoms with E-state index in [2.05, 4.69) is 15.5 Å². The Balaban J connectivity index is 1.72. The summed E-state index contributed by atoms with van der Waals surface area (Å²) in [6, 6.07) is 14.2. The molecule has 1 aromatic carbocycles. The third-order valence-corrected chi connectivity index (χ3v) is 3.56. The lowest BCUT2D eigenvalue weighted by Gasteiger charge is -2.14. The number of hydrogen-bond donors (Lipinski definition) is 1. The lowest BCUT2D eigenvalue weighted by molar-refractivity contribution is -0.122. The predicted octanol–water partition coefficient (Wildman–Crippen LogP) is 1.31. The molecule has 0 aliphatic carbocycles. The molecule has 3 rings (SSSR count). The second-order valence-corrected chi connectivity index (χ2v) is 5.34. The second kappa shape index (κ2) is 6.91. The summed E-state index contributed by atoms with van der Waals surface area (Å²) in [4.78, 5) is 24.1. The minimum absolute atomic E-state index is 0.148. The molecular formula is C17H17N5O2. The highest BCUT2D eigenvalue weighted by Gasteiger charge is 2.12. The van der Waals surface area contributed by atoms with Crippen molar-refractivity contribution in [2.24, 2.45) is 0 Å². The number of nitrogens with one attached hydrogen (secondary N) is 1. The van der Waals surface area contributed by atoms with Gasteiger partial charge in [-0.1, -0.05) is 30.3 Å². The number of hydrogen-bond acceptors (Lipinski definition) is 4. The van der Waals surface area contributed by atoms with Crippen LogP contribution in [0, 0.1) is 0 Å². The van der Waals surface area contributed by atoms with Gasteiger partial charge in [-0.15, -0.1) is 5.10 Å². The summed E-state index contributed by atoms with van der Waals surface area (Å²) in [6.07, 6.45) is 3.33. The van der Waals surface area contributed by atoms with Crippen molar-refractivity contribution in [3.63, 3.8) is 0 Å². The molecule has 122 valence electrons. The Morgan fingerprint density at radius 2 is 1.96 bits per heavy atom. The Labute approximate surface area is 138 Å². The minimum atomic E-state index is -0.339. The Morgan fingerprint density at radius 3 is 2.67 bits per heavy atom. The maximum absolute atomic E-state index is 12.2. The number of carbonyl (C=O) groups excluding carboxylic acids is 1. The first-order valence-corrected chi connectivity index (χ1v) is 7.56. The maximum Gasteiger partial charge on any atom is 0.267 e. The van der Waals surface area contributed by atoms with Gasteiger partial charge in [0.2, 0.25) is 5.91 Å². The largest absolute Gasteiger partial charge is 0.348 e. The van der Waals surface area contributed by atoms with Gasteiger partial charge >= 0.3 is 0 Å². The molecule has 24 heavy (non-hydrogen) atoms. The van der Waals surface area contributed by atoms with Crippen molar-refractivity contribution >= 4 is 5.91 Å². The SMILES string of the molecule is CC(NC(=O)Cn1nc(-n2cccn2)ccc1=O)c1ccccc1. The van der Waals surface area contributed by atoms with Crippen molar-refractivity contribution in [1.29, 1.82) is 0 Å². The van der Waals surface area contributed by atoms with E-state index in [0.717, 1.165) is 10.2 Å². The second-order valence-electron chi connectivity index (χ2n) is 5.34. The molecule has 0 aliphatic rings. The topological polar surface area (TPSA) is 81.8 Å². The van der Waals surface area contributed by atoms with Crippen molar-refractivity contribution < 1.29 is 4.79 Å². The summed E-state index contributed by atoms with van der Waals surface area (Å²) >= 11 is 0. The molecule has 1 atom stereocenters. The maximum atomic E-state index is 12.2. The normalized spacial score (nSPS) is 11.9. The summed E-state index contributed by atoms with van der Waals surface area (Å²) < 4.78 is 2.66. The number of nitrogens with zero attached hydrogens (tertiary/aromatic N) is 4. The fourth-order valence-corrected chi connectivity index (χ4v) is 2.33. The summed E-state index contributed by atoms with van der Waals surface area (Å²) in [5.74, 6) is 0.196. The number of aromatic nitrogens is 4. The van der Waals surface area contributed by atoms with Crippen molar-refractivity contribution in [2.45, 2.75) is 19.5 Å². The van der Waals surface area contributed by atoms with Crippen LogP contribution in [0.2, 0.25) is 0 Å². The molecule has 3 aromatic rings. The highest BCUT2D eigenvalue weighted by atomic mass is 16.2. The van der Waals surface area contributed by atoms with E-state index >= 15 is 0 Å². The van der Waals surface area contributed by atoms with E-state index in [1.165, 1.54) is 10.7 Å². The van der Waals surface area contributed by atoms with Crippen LogP contribution in [-0.2, 0) is 11.3 Å². The average molecular weight is 323 g/mol. The Kier molecular flexibility index (Phi) is 4.51. The summed E-state index contributed by atoms with van der Waals surface area (Å²) in [5, 5.41) is 11.1. The lowest BCUT2D eigenvalue weighted by Crippen LogP contribution is -2.35. The van der Waals surface area contributed by atoms with Gasteiger partial charge < -0.3 is 5.32 Å². The molecule has 0 bridgehead atoms. The number of carbonyl (C=O) groups is 1. The number of rotatable bonds is 5. The van der Waals surface area contributed by atoms with E-state index in [1.54, 1.807) is 24.5 Å². The van der Waals surface area contributed by atoms with Crippen molar-refractivity contribution in [1.82, 2.24) is 24.9 Å². The number of benzene rings is 1. The first kappa shape index (κ1) is 15.7. The molecule has 0 radical (unpaired) electrons. The molecule has 1 unspecified atom stereocenters. The molecule has 0 saturated carbocycles. The van der Waals surface area contributed by atoms with Crippen LogP contribution < -0.4 is 10.9 Å². The Hall–Kier alpha value is -3.22. The molecule has 0 fully saturated rings. The predicted molar refractivity (Wildman–Crippen MR) is 88.6 cm³/mol. The molecule has 1 N–H and O–H groups in total. The molecule has 2 aromatic heterocycles. The van der Waals surface area contributed by atoms with Gasteiger partial charge in [0.05, 0.1) is 6.04 Å². The average Bonchev–Trinajstić information content (AvgIpc) is 3.12. The Morgan fingerprint density at radius 1 is 1.17 bits per heavy atom. The van der Waals surface area contributed by atoms with E-state index in [9.17, 15) is 9.59 Å². The Bertz CT molecular complexity index is 872. The van der Waals surface area contributed by atoms with Crippen LogP contribution in [-0.4, -0.2) is 25.5 Å². The standard InChI is InChI=1S/C17H17N5O2/c1-13(14-6-3-2-4-7-14)19-16(23)12-22-17(24)9-8-15(20-22)21-11-5-10-18-21/h2-11,13H,12H2,1H3,(H,19,23). The van der Waals surface area contributed by atoms with Crippen LogP contribution in [0.25, 0.3) is 5.82 Å². The zero-order valence-corrected chi connectivity index (χ0v) is 13.2. The van der Waals surface area contributed by atoms with Gasteiger partial charge in [0.25, 0.3) is 5.56 Å². The minimum Gasteiger partial charge on any atom is -0.348 e. The number of amides is 1. The van der Waals surface area contributed by atoms with E-state index in [-0.39, 0.29) is 24.1 Å². The van der Waals surface area contributed by atoms with Crippen molar-refractivity contribution in [3.8, 4) is 5.82 Å². The molecule has 7 heteroatoms. The van der Waals surface area contributed by atoms with Crippen molar-refractivity contribution in [3.05, 3.63) is 76.8 Å². The quantitative estimate of drug-likeness (QED) is 0.767. The zero-order valence-electron chi connectivity index (χ0n) is 13.2. The monoisotopic (exact) mass is 323 g/mol. The highest BCUT2D eigenvalue weighted by Crippen LogP contribution is 2.10. The fraction of sp³-hybridized carbons (Fsp3) is 0.176. The molecule has 0 saturated heterocycles. The van der Waals surface area contributed by atoms with Gasteiger partial charge in [-0.3, -0.25) is 9.59 Å². The molecular weight excluding hydrogens is 306 g/mol. The third kappa shape index (κ3) is 3.57. The smallest absolute Gasteiger partial charge is 0.267 e. The molecule has 1 amide bonds. The van der Waals surface area contributed by atoms with Crippen molar-refractivity contribution in [2.75, 3.05) is 0 Å². The first-order valence-electron chi connectivity index (χ1n) is 7.56. The van der Waals surface area contributed by atoms with Gasteiger partial charge in [0.1, 0.15) is 6.54 Å². The third-order valence-electron chi connectivity index (χ3n) is 3.56. The van der Waals surface area contributed by atoms with E-state index < -0.39 is 0 Å². The van der Waals surface area contributed by atoms with Crippen LogP contribution in [0.3, 0.4) is 0 Å². The van der Waals surface area contributed by atoms with Crippen LogP contribution in [0.5, 0.6) is 0 Å². The van der Waals surface area contributed by atoms with E-state index in [4.69, 9.17) is 0 Å². The van der Waals surface area contributed by atoms with Gasteiger partial charge in [-0.25, -0.2) is 9.36 Å². The van der Waals surface area contributed by atoms with Gasteiger partial charge in [0.15, 0.2) is 5.82 Å². The van der Waals surface area contributed by atoms with Gasteiger partial charge in [-0.2, -0.15) is 5.10 Å². The van der Waals surface area contributed by atoms with Crippen LogP contribution in [0.15, 0.2) is 65.7 Å². The van der Waals surface area contributed by atoms with Gasteiger partial charge in [0, 0.05) is 18.5 Å². The van der Waals surface area contributed by atoms with E-state index in [1.807, 2.05) is 37.3 Å². The van der Waals surface area contributed by atoms with Crippen LogP contribution in [0.1, 0.15) is 18.5 Å². The molecule has 0 spiro atoms. The highest BCUT2D eigenvalue weighted by molar-refractivity contribution is 5.76. The summed E-state index contributed by atoms with van der Waals surface area (Å²) in [7, 11) is 0. The molecule has 7 nitrogen and oxygen atoms in total. The summed E-state index contributed by atoms with van der Waals surface area (Å²) in [5.41, 5.74) is 0.657. The van der Waals surface area contributed by atoms with Gasteiger partial charge in [-0.05, 0) is 24.6 Å². The lowest BCUT2D eigenvalue weighted by atomic mass is 10.1. The van der Waals surface area contributed by atoms with E-state index in [0.29, 0.717) is 5.82 Å². The molecule has 2 heterocycles.